The van der Waals surface area contributed by atoms with Crippen LogP contribution in [0.25, 0.3) is 0 Å². The summed E-state index contributed by atoms with van der Waals surface area (Å²) in [7, 11) is 0. The zero-order valence-corrected chi connectivity index (χ0v) is 13.1. The molecular weight excluding hydrogens is 224 g/mol. The monoisotopic (exact) mass is 256 g/mol. The molecule has 1 rings (SSSR count). The SMILES string of the molecule is CCCC(C)(C)C1C(C(C)(C)CC)OCCN1N. The lowest BCUT2D eigenvalue weighted by Crippen LogP contribution is -2.64. The fourth-order valence-electron chi connectivity index (χ4n) is 3.19. The topological polar surface area (TPSA) is 38.5 Å². The molecule has 0 amide bonds. The molecule has 1 aliphatic heterocycles. The van der Waals surface area contributed by atoms with Crippen molar-refractivity contribution in [1.29, 1.82) is 0 Å². The number of hydrazine groups is 1. The third kappa shape index (κ3) is 3.25. The summed E-state index contributed by atoms with van der Waals surface area (Å²) < 4.78 is 6.13. The van der Waals surface area contributed by atoms with Crippen molar-refractivity contribution in [1.82, 2.24) is 5.01 Å². The van der Waals surface area contributed by atoms with Gasteiger partial charge in [-0.05, 0) is 23.7 Å². The third-order valence-corrected chi connectivity index (χ3v) is 4.67. The Bertz CT molecular complexity index is 263. The lowest BCUT2D eigenvalue weighted by atomic mass is 9.69. The molecular formula is C15H32N2O. The largest absolute Gasteiger partial charge is 0.375 e. The third-order valence-electron chi connectivity index (χ3n) is 4.67. The predicted octanol–water partition coefficient (Wildman–Crippen LogP) is 3.19. The molecule has 2 atom stereocenters. The number of nitrogens with two attached hydrogens (primary N) is 1. The highest BCUT2D eigenvalue weighted by molar-refractivity contribution is 4.98. The Morgan fingerprint density at radius 2 is 1.78 bits per heavy atom. The van der Waals surface area contributed by atoms with E-state index in [0.29, 0.717) is 6.04 Å². The van der Waals surface area contributed by atoms with Gasteiger partial charge in [-0.3, -0.25) is 5.84 Å². The van der Waals surface area contributed by atoms with Gasteiger partial charge in [0.1, 0.15) is 0 Å². The van der Waals surface area contributed by atoms with Gasteiger partial charge in [-0.25, -0.2) is 5.01 Å². The Kier molecular flexibility index (Phi) is 5.22. The summed E-state index contributed by atoms with van der Waals surface area (Å²) in [6.07, 6.45) is 3.72. The van der Waals surface area contributed by atoms with Crippen molar-refractivity contribution < 1.29 is 4.74 Å². The fraction of sp³-hybridized carbons (Fsp3) is 1.00. The molecule has 108 valence electrons. The quantitative estimate of drug-likeness (QED) is 0.768. The van der Waals surface area contributed by atoms with Crippen molar-refractivity contribution in [2.24, 2.45) is 16.7 Å². The van der Waals surface area contributed by atoms with E-state index >= 15 is 0 Å². The standard InChI is InChI=1S/C15H32N2O/c1-7-9-15(5,6)12-13(14(3,4)8-2)18-11-10-17(12)16/h12-13H,7-11,16H2,1-6H3. The highest BCUT2D eigenvalue weighted by Gasteiger charge is 2.47. The first-order valence-electron chi connectivity index (χ1n) is 7.39. The first kappa shape index (κ1) is 15.9. The summed E-state index contributed by atoms with van der Waals surface area (Å²) in [5.41, 5.74) is 0.370. The fourth-order valence-corrected chi connectivity index (χ4v) is 3.19. The predicted molar refractivity (Wildman–Crippen MR) is 77.2 cm³/mol. The molecule has 2 unspecified atom stereocenters. The second-order valence-corrected chi connectivity index (χ2v) is 7.05. The van der Waals surface area contributed by atoms with Crippen LogP contribution in [0.5, 0.6) is 0 Å². The summed E-state index contributed by atoms with van der Waals surface area (Å²) in [5, 5.41) is 2.03. The summed E-state index contributed by atoms with van der Waals surface area (Å²) >= 11 is 0. The molecule has 0 spiro atoms. The van der Waals surface area contributed by atoms with Gasteiger partial charge in [-0.2, -0.15) is 0 Å². The number of morpholine rings is 1. The van der Waals surface area contributed by atoms with Crippen LogP contribution in [0, 0.1) is 10.8 Å². The molecule has 2 N–H and O–H groups in total. The van der Waals surface area contributed by atoms with Crippen LogP contribution >= 0.6 is 0 Å². The maximum Gasteiger partial charge on any atom is 0.0800 e. The number of rotatable bonds is 5. The van der Waals surface area contributed by atoms with Crippen molar-refractivity contribution in [3.8, 4) is 0 Å². The van der Waals surface area contributed by atoms with Crippen molar-refractivity contribution in [3.63, 3.8) is 0 Å². The minimum atomic E-state index is 0.174. The van der Waals surface area contributed by atoms with Crippen LogP contribution in [0.1, 0.15) is 60.8 Å². The smallest absolute Gasteiger partial charge is 0.0800 e. The summed E-state index contributed by atoms with van der Waals surface area (Å²) in [4.78, 5) is 0. The van der Waals surface area contributed by atoms with E-state index < -0.39 is 0 Å². The van der Waals surface area contributed by atoms with Gasteiger partial charge in [0.25, 0.3) is 0 Å². The van der Waals surface area contributed by atoms with Crippen LogP contribution in [0.3, 0.4) is 0 Å². The van der Waals surface area contributed by atoms with Crippen molar-refractivity contribution >= 4 is 0 Å². The van der Waals surface area contributed by atoms with Crippen LogP contribution in [0.4, 0.5) is 0 Å². The van der Waals surface area contributed by atoms with E-state index in [9.17, 15) is 0 Å². The Morgan fingerprint density at radius 3 is 2.28 bits per heavy atom. The Morgan fingerprint density at radius 1 is 1.17 bits per heavy atom. The van der Waals surface area contributed by atoms with Crippen LogP contribution in [0.2, 0.25) is 0 Å². The van der Waals surface area contributed by atoms with E-state index in [1.54, 1.807) is 0 Å². The van der Waals surface area contributed by atoms with E-state index in [1.807, 2.05) is 5.01 Å². The van der Waals surface area contributed by atoms with Gasteiger partial charge in [-0.1, -0.05) is 48.0 Å². The second kappa shape index (κ2) is 5.89. The minimum Gasteiger partial charge on any atom is -0.375 e. The molecule has 3 nitrogen and oxygen atoms in total. The molecule has 1 heterocycles. The zero-order chi connectivity index (χ0) is 14.0. The van der Waals surface area contributed by atoms with Crippen molar-refractivity contribution in [2.45, 2.75) is 73.0 Å². The van der Waals surface area contributed by atoms with Gasteiger partial charge in [0, 0.05) is 6.54 Å². The highest BCUT2D eigenvalue weighted by atomic mass is 16.5. The molecule has 1 aliphatic rings. The average molecular weight is 256 g/mol. The molecule has 18 heavy (non-hydrogen) atoms. The van der Waals surface area contributed by atoms with Crippen LogP contribution in [-0.2, 0) is 4.74 Å². The molecule has 0 aromatic carbocycles. The van der Waals surface area contributed by atoms with Crippen LogP contribution in [-0.4, -0.2) is 30.3 Å². The van der Waals surface area contributed by atoms with Gasteiger partial charge in [0.05, 0.1) is 18.8 Å². The van der Waals surface area contributed by atoms with Gasteiger partial charge in [0.2, 0.25) is 0 Å². The summed E-state index contributed by atoms with van der Waals surface area (Å²) in [6, 6.07) is 0.307. The Labute approximate surface area is 113 Å². The second-order valence-electron chi connectivity index (χ2n) is 7.05. The van der Waals surface area contributed by atoms with Crippen LogP contribution in [0.15, 0.2) is 0 Å². The van der Waals surface area contributed by atoms with Crippen LogP contribution < -0.4 is 5.84 Å². The van der Waals surface area contributed by atoms with Gasteiger partial charge in [0.15, 0.2) is 0 Å². The molecule has 0 radical (unpaired) electrons. The maximum absolute atomic E-state index is 6.29. The minimum absolute atomic E-state index is 0.174. The molecule has 0 aromatic rings. The Hall–Kier alpha value is -0.120. The first-order valence-corrected chi connectivity index (χ1v) is 7.39. The average Bonchev–Trinajstić information content (AvgIpc) is 2.28. The highest BCUT2D eigenvalue weighted by Crippen LogP contribution is 2.41. The molecule has 3 heteroatoms. The lowest BCUT2D eigenvalue weighted by molar-refractivity contribution is -0.156. The molecule has 0 bridgehead atoms. The maximum atomic E-state index is 6.29. The van der Waals surface area contributed by atoms with Crippen molar-refractivity contribution in [2.75, 3.05) is 13.2 Å². The normalized spacial score (nSPS) is 27.5. The van der Waals surface area contributed by atoms with E-state index in [0.717, 1.165) is 19.6 Å². The number of hydrogen-bond donors (Lipinski definition) is 1. The Balaban J connectivity index is 2.99. The number of ether oxygens (including phenoxy) is 1. The molecule has 0 aliphatic carbocycles. The van der Waals surface area contributed by atoms with Gasteiger partial charge < -0.3 is 4.74 Å². The zero-order valence-electron chi connectivity index (χ0n) is 13.1. The van der Waals surface area contributed by atoms with Crippen molar-refractivity contribution in [3.05, 3.63) is 0 Å². The lowest BCUT2D eigenvalue weighted by Gasteiger charge is -2.52. The summed E-state index contributed by atoms with van der Waals surface area (Å²) in [6.45, 7) is 15.3. The van der Waals surface area contributed by atoms with Gasteiger partial charge >= 0.3 is 0 Å². The first-order chi connectivity index (χ1) is 8.26. The summed E-state index contributed by atoms with van der Waals surface area (Å²) in [5.74, 6) is 6.29. The number of hydrogen-bond acceptors (Lipinski definition) is 3. The molecule has 0 saturated carbocycles. The van der Waals surface area contributed by atoms with E-state index in [1.165, 1.54) is 12.8 Å². The van der Waals surface area contributed by atoms with Gasteiger partial charge in [-0.15, -0.1) is 0 Å². The molecule has 1 fully saturated rings. The number of nitrogens with zero attached hydrogens (tertiary/aromatic N) is 1. The molecule has 1 saturated heterocycles. The van der Waals surface area contributed by atoms with E-state index in [4.69, 9.17) is 10.6 Å². The van der Waals surface area contributed by atoms with E-state index in [-0.39, 0.29) is 16.9 Å². The van der Waals surface area contributed by atoms with E-state index in [2.05, 4.69) is 41.5 Å². The molecule has 0 aromatic heterocycles.